The molecule has 16 nitrogen and oxygen atoms in total. The molecule has 5 aromatic rings. The second-order valence-electron chi connectivity index (χ2n) is 10.5. The average molecular weight is 738 g/mol. The van der Waals surface area contributed by atoms with E-state index >= 15 is 0 Å². The van der Waals surface area contributed by atoms with Crippen molar-refractivity contribution < 1.29 is 60.9 Å². The number of benzene rings is 3. The lowest BCUT2D eigenvalue weighted by Gasteiger charge is -2.17. The monoisotopic (exact) mass is 737 g/mol. The van der Waals surface area contributed by atoms with Crippen LogP contribution in [0.2, 0.25) is 0 Å². The van der Waals surface area contributed by atoms with E-state index < -0.39 is 22.1 Å². The lowest BCUT2D eigenvalue weighted by Crippen LogP contribution is -2.21. The van der Waals surface area contributed by atoms with Crippen molar-refractivity contribution >= 4 is 34.1 Å². The van der Waals surface area contributed by atoms with Crippen molar-refractivity contribution in [3.63, 3.8) is 0 Å². The van der Waals surface area contributed by atoms with Crippen LogP contribution in [0.25, 0.3) is 22.5 Å². The molecular formula is C33H27N3O13S2. The summed E-state index contributed by atoms with van der Waals surface area (Å²) in [5.74, 6) is -2.07. The zero-order valence-electron chi connectivity index (χ0n) is 26.7. The molecule has 0 spiro atoms. The largest absolute Gasteiger partial charge is 0.484 e. The summed E-state index contributed by atoms with van der Waals surface area (Å²) < 4.78 is 67.0. The minimum atomic E-state index is -4.47. The number of aromatic nitrogens is 3. The summed E-state index contributed by atoms with van der Waals surface area (Å²) in [7, 11) is -1.92. The molecule has 18 heteroatoms. The van der Waals surface area contributed by atoms with Crippen molar-refractivity contribution in [3.8, 4) is 45.8 Å². The van der Waals surface area contributed by atoms with E-state index in [-0.39, 0.29) is 70.7 Å². The quantitative estimate of drug-likeness (QED) is 0.0561. The molecule has 3 aromatic carbocycles. The number of fused-ring (bicyclic) bond motifs is 1. The third-order valence-electron chi connectivity index (χ3n) is 7.45. The normalized spacial score (nSPS) is 12.3. The van der Waals surface area contributed by atoms with Gasteiger partial charge in [0.2, 0.25) is 11.8 Å². The zero-order valence-corrected chi connectivity index (χ0v) is 28.3. The molecule has 0 fully saturated rings. The van der Waals surface area contributed by atoms with Gasteiger partial charge in [-0.25, -0.2) is 14.8 Å². The Balaban J connectivity index is 1.48. The summed E-state index contributed by atoms with van der Waals surface area (Å²) in [6.07, 6.45) is 0. The Hall–Kier alpha value is -5.50. The van der Waals surface area contributed by atoms with E-state index in [1.165, 1.54) is 43.1 Å². The van der Waals surface area contributed by atoms with E-state index in [4.69, 9.17) is 28.9 Å². The predicted octanol–water partition coefficient (Wildman–Crippen LogP) is 5.12. The average Bonchev–Trinajstić information content (AvgIpc) is 3.47. The minimum Gasteiger partial charge on any atom is -0.484 e. The first-order chi connectivity index (χ1) is 24.6. The number of carbonyl (C=O) groups is 2. The number of methoxy groups -OCH3 is 2. The minimum absolute atomic E-state index is 0.00278. The van der Waals surface area contributed by atoms with Gasteiger partial charge in [-0.3, -0.25) is 4.55 Å². The first kappa shape index (κ1) is 35.3. The van der Waals surface area contributed by atoms with Crippen LogP contribution in [0, 0.1) is 0 Å². The molecule has 2 N–H and O–H groups in total. The molecule has 0 bridgehead atoms. The third-order valence-corrected chi connectivity index (χ3v) is 8.91. The highest BCUT2D eigenvalue weighted by atomic mass is 32.2. The summed E-state index contributed by atoms with van der Waals surface area (Å²) in [4.78, 5) is 36.9. The number of esters is 2. The van der Waals surface area contributed by atoms with Gasteiger partial charge in [0.15, 0.2) is 28.7 Å². The summed E-state index contributed by atoms with van der Waals surface area (Å²) >= 11 is 0.755. The molecule has 1 aliphatic heterocycles. The van der Waals surface area contributed by atoms with Crippen LogP contribution < -0.4 is 18.9 Å². The zero-order chi connectivity index (χ0) is 36.1. The smallest absolute Gasteiger partial charge is 0.365 e. The molecule has 264 valence electrons. The van der Waals surface area contributed by atoms with E-state index in [2.05, 4.69) is 19.3 Å². The lowest BCUT2D eigenvalue weighted by atomic mass is 10.1. The van der Waals surface area contributed by atoms with Crippen LogP contribution in [0.1, 0.15) is 26.5 Å². The Labute approximate surface area is 294 Å². The maximum absolute atomic E-state index is 14.4. The maximum atomic E-state index is 14.4. The van der Waals surface area contributed by atoms with Crippen LogP contribution in [0.15, 0.2) is 88.7 Å². The molecule has 0 atom stereocenters. The standard InChI is InChI=1S/C33H27N3O13S2/c1-43-30-24(20-6-4-3-5-7-20)31(35-29(34-30)21-10-14-23(15-11-21)51(40,41)42)47-33(38)26-28-27(45-16-17-46-28)25(32(37)44-2)36(26)18-19-8-12-22(13-9-19)50-49-48-39/h3-15,39H,16-18H2,1-2H3,(H,40,41,42). The highest BCUT2D eigenvalue weighted by Crippen LogP contribution is 2.43. The van der Waals surface area contributed by atoms with E-state index in [1.807, 2.05) is 0 Å². The Bertz CT molecular complexity index is 2170. The molecule has 3 heterocycles. The van der Waals surface area contributed by atoms with Crippen molar-refractivity contribution in [3.05, 3.63) is 95.8 Å². The Morgan fingerprint density at radius 2 is 1.47 bits per heavy atom. The molecular weight excluding hydrogens is 711 g/mol. The van der Waals surface area contributed by atoms with Gasteiger partial charge in [-0.1, -0.05) is 47.5 Å². The van der Waals surface area contributed by atoms with Gasteiger partial charge in [-0.15, -0.1) is 4.33 Å². The van der Waals surface area contributed by atoms with Crippen LogP contribution in [-0.4, -0.2) is 72.1 Å². The Kier molecular flexibility index (Phi) is 10.5. The molecule has 0 amide bonds. The van der Waals surface area contributed by atoms with Gasteiger partial charge in [-0.05, 0) is 47.5 Å². The maximum Gasteiger partial charge on any atom is 0.365 e. The number of hydrogen-bond acceptors (Lipinski definition) is 15. The van der Waals surface area contributed by atoms with Crippen molar-refractivity contribution in [2.24, 2.45) is 0 Å². The Morgan fingerprint density at radius 1 is 0.843 bits per heavy atom. The van der Waals surface area contributed by atoms with E-state index in [0.717, 1.165) is 12.0 Å². The van der Waals surface area contributed by atoms with E-state index in [1.54, 1.807) is 54.6 Å². The highest BCUT2D eigenvalue weighted by Gasteiger charge is 2.37. The fraction of sp³-hybridized carbons (Fsp3) is 0.152. The summed E-state index contributed by atoms with van der Waals surface area (Å²) in [5, 5.41) is 12.1. The molecule has 0 unspecified atom stereocenters. The number of nitrogens with zero attached hydrogens (tertiary/aromatic N) is 3. The van der Waals surface area contributed by atoms with Gasteiger partial charge in [0.1, 0.15) is 18.8 Å². The topological polar surface area (TPSA) is 204 Å². The molecule has 2 aromatic heterocycles. The molecule has 1 aliphatic rings. The number of ether oxygens (including phenoxy) is 5. The summed E-state index contributed by atoms with van der Waals surface area (Å²) in [6, 6.07) is 20.5. The van der Waals surface area contributed by atoms with E-state index in [0.29, 0.717) is 21.6 Å². The van der Waals surface area contributed by atoms with Crippen molar-refractivity contribution in [2.75, 3.05) is 27.4 Å². The van der Waals surface area contributed by atoms with Gasteiger partial charge in [-0.2, -0.15) is 18.4 Å². The molecule has 0 saturated heterocycles. The first-order valence-electron chi connectivity index (χ1n) is 14.8. The summed E-state index contributed by atoms with van der Waals surface area (Å²) in [5.41, 5.74) is 1.39. The highest BCUT2D eigenvalue weighted by molar-refractivity contribution is 7.94. The van der Waals surface area contributed by atoms with Gasteiger partial charge in [0.25, 0.3) is 10.1 Å². The van der Waals surface area contributed by atoms with Crippen molar-refractivity contribution in [1.82, 2.24) is 14.5 Å². The first-order valence-corrected chi connectivity index (χ1v) is 17.0. The van der Waals surface area contributed by atoms with Crippen LogP contribution in [0.5, 0.6) is 23.3 Å². The number of carbonyl (C=O) groups excluding carboxylic acids is 2. The van der Waals surface area contributed by atoms with Gasteiger partial charge in [0.05, 0.1) is 31.2 Å². The van der Waals surface area contributed by atoms with Crippen LogP contribution in [-0.2, 0) is 30.8 Å². The number of hydrogen-bond donors (Lipinski definition) is 2. The molecule has 0 aliphatic carbocycles. The van der Waals surface area contributed by atoms with Crippen molar-refractivity contribution in [1.29, 1.82) is 0 Å². The van der Waals surface area contributed by atoms with Gasteiger partial charge >= 0.3 is 11.9 Å². The molecule has 0 radical (unpaired) electrons. The van der Waals surface area contributed by atoms with Crippen LogP contribution >= 0.6 is 12.0 Å². The predicted molar refractivity (Wildman–Crippen MR) is 177 cm³/mol. The van der Waals surface area contributed by atoms with Crippen molar-refractivity contribution in [2.45, 2.75) is 16.3 Å². The van der Waals surface area contributed by atoms with Gasteiger partial charge in [0, 0.05) is 17.0 Å². The van der Waals surface area contributed by atoms with Crippen LogP contribution in [0.3, 0.4) is 0 Å². The SMILES string of the molecule is COC(=O)c1c2c(c(C(=O)Oc3nc(-c4ccc(S(=O)(=O)O)cc4)nc(OC)c3-c3ccccc3)n1Cc1ccc(SOOO)cc1)OCCO2. The van der Waals surface area contributed by atoms with Crippen LogP contribution in [0.4, 0.5) is 0 Å². The number of rotatable bonds is 12. The second kappa shape index (κ2) is 15.2. The van der Waals surface area contributed by atoms with Gasteiger partial charge < -0.3 is 28.3 Å². The second-order valence-corrected chi connectivity index (χ2v) is 12.7. The van der Waals surface area contributed by atoms with E-state index in [9.17, 15) is 22.6 Å². The lowest BCUT2D eigenvalue weighted by molar-refractivity contribution is -0.432. The fourth-order valence-electron chi connectivity index (χ4n) is 5.21. The summed E-state index contributed by atoms with van der Waals surface area (Å²) in [6.45, 7) is 0.104. The fourth-order valence-corrected chi connectivity index (χ4v) is 6.05. The molecule has 51 heavy (non-hydrogen) atoms. The molecule has 6 rings (SSSR count). The molecule has 0 saturated carbocycles. The third kappa shape index (κ3) is 7.50. The Morgan fingerprint density at radius 3 is 2.06 bits per heavy atom.